The van der Waals surface area contributed by atoms with Crippen molar-refractivity contribution in [3.8, 4) is 5.75 Å². The van der Waals surface area contributed by atoms with E-state index in [0.29, 0.717) is 13.2 Å². The van der Waals surface area contributed by atoms with E-state index < -0.39 is 0 Å². The second kappa shape index (κ2) is 7.21. The molecule has 2 fully saturated rings. The molecule has 1 aromatic carbocycles. The maximum Gasteiger partial charge on any atom is 0.414 e. The third kappa shape index (κ3) is 4.16. The second-order valence-corrected chi connectivity index (χ2v) is 6.90. The lowest BCUT2D eigenvalue weighted by molar-refractivity contribution is -0.914. The number of amides is 1. The Hall–Kier alpha value is -1.75. The molecule has 0 unspecified atom stereocenters. The first kappa shape index (κ1) is 16.1. The number of nitrogens with one attached hydrogen (secondary N) is 1. The average molecular weight is 319 g/mol. The Kier molecular flexibility index (Phi) is 5.06. The van der Waals surface area contributed by atoms with E-state index in [9.17, 15) is 4.79 Å². The number of carbonyl (C=O) groups is 1. The number of cyclic esters (lactones) is 1. The molecular weight excluding hydrogens is 292 g/mol. The van der Waals surface area contributed by atoms with E-state index in [1.807, 2.05) is 36.1 Å². The van der Waals surface area contributed by atoms with Crippen molar-refractivity contribution in [2.45, 2.75) is 32.8 Å². The molecule has 5 nitrogen and oxygen atoms in total. The van der Waals surface area contributed by atoms with Gasteiger partial charge in [-0.2, -0.15) is 0 Å². The maximum absolute atomic E-state index is 12.0. The van der Waals surface area contributed by atoms with Gasteiger partial charge < -0.3 is 14.4 Å². The quantitative estimate of drug-likeness (QED) is 0.894. The Balaban J connectivity index is 1.47. The molecule has 5 heteroatoms. The zero-order valence-electron chi connectivity index (χ0n) is 14.1. The standard InChI is InChI=1S/C18H26N2O3/c1-14-7-9-19(10-8-14)13-20-11-16(23-18(20)21)12-22-17-6-4-3-5-15(17)2/h3-6,14,16H,7-13H2,1-2H3/p+1/t16-/m1/s1. The molecule has 1 N–H and O–H groups in total. The number of quaternary nitrogens is 1. The van der Waals surface area contributed by atoms with Crippen LogP contribution in [0, 0.1) is 12.8 Å². The third-order valence-corrected chi connectivity index (χ3v) is 4.86. The highest BCUT2D eigenvalue weighted by atomic mass is 16.6. The molecule has 0 saturated carbocycles. The number of carbonyl (C=O) groups excluding carboxylic acids is 1. The van der Waals surface area contributed by atoms with Crippen LogP contribution >= 0.6 is 0 Å². The van der Waals surface area contributed by atoms with E-state index in [4.69, 9.17) is 9.47 Å². The van der Waals surface area contributed by atoms with Gasteiger partial charge in [-0.3, -0.25) is 4.90 Å². The van der Waals surface area contributed by atoms with Gasteiger partial charge in [0.25, 0.3) is 0 Å². The summed E-state index contributed by atoms with van der Waals surface area (Å²) in [5.41, 5.74) is 1.10. The number of ether oxygens (including phenoxy) is 2. The van der Waals surface area contributed by atoms with Crippen LogP contribution in [0.3, 0.4) is 0 Å². The number of piperidine rings is 1. The molecule has 0 aliphatic carbocycles. The van der Waals surface area contributed by atoms with Crippen LogP contribution in [0.1, 0.15) is 25.3 Å². The van der Waals surface area contributed by atoms with Crippen LogP contribution in [0.2, 0.25) is 0 Å². The lowest BCUT2D eigenvalue weighted by Crippen LogP contribution is -3.14. The van der Waals surface area contributed by atoms with Gasteiger partial charge in [-0.15, -0.1) is 0 Å². The Morgan fingerprint density at radius 1 is 1.30 bits per heavy atom. The highest BCUT2D eigenvalue weighted by Gasteiger charge is 2.34. The fourth-order valence-corrected chi connectivity index (χ4v) is 3.29. The zero-order chi connectivity index (χ0) is 16.2. The van der Waals surface area contributed by atoms with Crippen LogP contribution in [0.4, 0.5) is 4.79 Å². The predicted molar refractivity (Wildman–Crippen MR) is 87.6 cm³/mol. The minimum atomic E-state index is -0.200. The molecule has 23 heavy (non-hydrogen) atoms. The van der Waals surface area contributed by atoms with Crippen molar-refractivity contribution in [3.05, 3.63) is 29.8 Å². The van der Waals surface area contributed by atoms with Crippen molar-refractivity contribution in [1.82, 2.24) is 4.90 Å². The molecule has 3 rings (SSSR count). The van der Waals surface area contributed by atoms with Gasteiger partial charge in [0, 0.05) is 0 Å². The lowest BCUT2D eigenvalue weighted by Gasteiger charge is -2.29. The summed E-state index contributed by atoms with van der Waals surface area (Å²) >= 11 is 0. The van der Waals surface area contributed by atoms with E-state index in [0.717, 1.165) is 37.0 Å². The van der Waals surface area contributed by atoms with Gasteiger partial charge in [-0.05, 0) is 37.3 Å². The summed E-state index contributed by atoms with van der Waals surface area (Å²) in [4.78, 5) is 15.4. The number of para-hydroxylation sites is 1. The normalized spacial score (nSPS) is 27.8. The lowest BCUT2D eigenvalue weighted by atomic mass is 10.00. The number of benzene rings is 1. The van der Waals surface area contributed by atoms with Crippen molar-refractivity contribution in [1.29, 1.82) is 0 Å². The van der Waals surface area contributed by atoms with Crippen LogP contribution in [-0.2, 0) is 4.74 Å². The summed E-state index contributed by atoms with van der Waals surface area (Å²) in [5.74, 6) is 1.68. The minimum Gasteiger partial charge on any atom is -0.489 e. The molecule has 0 aromatic heterocycles. The van der Waals surface area contributed by atoms with Gasteiger partial charge in [0.05, 0.1) is 19.6 Å². The van der Waals surface area contributed by atoms with Gasteiger partial charge >= 0.3 is 6.09 Å². The van der Waals surface area contributed by atoms with Crippen LogP contribution in [0.15, 0.2) is 24.3 Å². The summed E-state index contributed by atoms with van der Waals surface area (Å²) in [6, 6.07) is 7.91. The summed E-state index contributed by atoms with van der Waals surface area (Å²) < 4.78 is 11.3. The van der Waals surface area contributed by atoms with Crippen LogP contribution < -0.4 is 9.64 Å². The molecule has 1 amide bonds. The van der Waals surface area contributed by atoms with Gasteiger partial charge in [-0.25, -0.2) is 4.79 Å². The van der Waals surface area contributed by atoms with Gasteiger partial charge in [0.1, 0.15) is 12.4 Å². The average Bonchev–Trinajstić information content (AvgIpc) is 2.89. The first-order chi connectivity index (χ1) is 11.1. The van der Waals surface area contributed by atoms with E-state index in [1.165, 1.54) is 17.7 Å². The molecular formula is C18H27N2O3+. The Morgan fingerprint density at radius 2 is 2.04 bits per heavy atom. The summed E-state index contributed by atoms with van der Waals surface area (Å²) in [7, 11) is 0. The largest absolute Gasteiger partial charge is 0.489 e. The zero-order valence-corrected chi connectivity index (χ0v) is 14.1. The van der Waals surface area contributed by atoms with Crippen LogP contribution in [0.25, 0.3) is 0 Å². The van der Waals surface area contributed by atoms with Crippen molar-refractivity contribution in [3.63, 3.8) is 0 Å². The fraction of sp³-hybridized carbons (Fsp3) is 0.611. The molecule has 2 heterocycles. The number of aryl methyl sites for hydroxylation is 1. The number of hydrogen-bond donors (Lipinski definition) is 1. The predicted octanol–water partition coefficient (Wildman–Crippen LogP) is 1.47. The summed E-state index contributed by atoms with van der Waals surface area (Å²) in [5, 5.41) is 0. The highest BCUT2D eigenvalue weighted by Crippen LogP contribution is 2.18. The van der Waals surface area contributed by atoms with E-state index in [2.05, 4.69) is 6.92 Å². The molecule has 2 aliphatic rings. The van der Waals surface area contributed by atoms with Crippen LogP contribution in [0.5, 0.6) is 5.75 Å². The highest BCUT2D eigenvalue weighted by molar-refractivity contribution is 5.69. The molecule has 1 atom stereocenters. The number of rotatable bonds is 5. The van der Waals surface area contributed by atoms with Crippen molar-refractivity contribution in [2.24, 2.45) is 5.92 Å². The summed E-state index contributed by atoms with van der Waals surface area (Å²) in [6.45, 7) is 8.42. The molecule has 0 radical (unpaired) electrons. The fourth-order valence-electron chi connectivity index (χ4n) is 3.29. The number of nitrogens with zero attached hydrogens (tertiary/aromatic N) is 1. The first-order valence-corrected chi connectivity index (χ1v) is 8.59. The molecule has 126 valence electrons. The monoisotopic (exact) mass is 319 g/mol. The van der Waals surface area contributed by atoms with Crippen molar-refractivity contribution in [2.75, 3.05) is 32.9 Å². The SMILES string of the molecule is Cc1ccccc1OC[C@H]1CN(C[NH+]2CCC(C)CC2)C(=O)O1. The topological polar surface area (TPSA) is 43.2 Å². The Morgan fingerprint density at radius 3 is 2.78 bits per heavy atom. The minimum absolute atomic E-state index is 0.176. The Labute approximate surface area is 138 Å². The van der Waals surface area contributed by atoms with Crippen LogP contribution in [-0.4, -0.2) is 50.0 Å². The van der Waals surface area contributed by atoms with Crippen molar-refractivity contribution < 1.29 is 19.2 Å². The van der Waals surface area contributed by atoms with E-state index in [-0.39, 0.29) is 12.2 Å². The maximum atomic E-state index is 12.0. The Bertz CT molecular complexity index is 541. The molecule has 2 aliphatic heterocycles. The van der Waals surface area contributed by atoms with Gasteiger partial charge in [0.2, 0.25) is 0 Å². The molecule has 1 aromatic rings. The molecule has 2 saturated heterocycles. The first-order valence-electron chi connectivity index (χ1n) is 8.59. The number of hydrogen-bond acceptors (Lipinski definition) is 3. The third-order valence-electron chi connectivity index (χ3n) is 4.86. The molecule has 0 bridgehead atoms. The van der Waals surface area contributed by atoms with E-state index >= 15 is 0 Å². The smallest absolute Gasteiger partial charge is 0.414 e. The summed E-state index contributed by atoms with van der Waals surface area (Å²) in [6.07, 6.45) is 2.12. The van der Waals surface area contributed by atoms with Gasteiger partial charge in [0.15, 0.2) is 12.8 Å². The van der Waals surface area contributed by atoms with Gasteiger partial charge in [-0.1, -0.05) is 25.1 Å². The molecule has 0 spiro atoms. The number of likely N-dealkylation sites (tertiary alicyclic amines) is 1. The second-order valence-electron chi connectivity index (χ2n) is 6.90. The van der Waals surface area contributed by atoms with Crippen molar-refractivity contribution >= 4 is 6.09 Å². The van der Waals surface area contributed by atoms with E-state index in [1.54, 1.807) is 0 Å².